The van der Waals surface area contributed by atoms with Crippen molar-refractivity contribution in [2.45, 2.75) is 6.42 Å². The summed E-state index contributed by atoms with van der Waals surface area (Å²) in [5.74, 6) is 0.245. The van der Waals surface area contributed by atoms with Gasteiger partial charge in [0, 0.05) is 25.2 Å². The maximum atomic E-state index is 12.8. The van der Waals surface area contributed by atoms with E-state index in [1.54, 1.807) is 23.1 Å². The monoisotopic (exact) mass is 339 g/mol. The van der Waals surface area contributed by atoms with Gasteiger partial charge in [-0.25, -0.2) is 0 Å². The molecule has 130 valence electrons. The number of hydrogen-bond acceptors (Lipinski definition) is 4. The molecule has 0 fully saturated rings. The molecule has 2 aromatic rings. The Labute approximate surface area is 146 Å². The molecule has 1 aliphatic rings. The van der Waals surface area contributed by atoms with Crippen molar-refractivity contribution in [3.8, 4) is 5.75 Å². The molecule has 0 saturated carbocycles. The number of ether oxygens (including phenoxy) is 1. The molecule has 1 aliphatic heterocycles. The first-order valence-electron chi connectivity index (χ1n) is 8.27. The molecule has 2 aromatic carbocycles. The summed E-state index contributed by atoms with van der Waals surface area (Å²) in [6.45, 7) is 1.45. The van der Waals surface area contributed by atoms with Gasteiger partial charge in [-0.15, -0.1) is 0 Å². The largest absolute Gasteiger partial charge is 0.482 e. The number of carbonyl (C=O) groups is 2. The van der Waals surface area contributed by atoms with Crippen LogP contribution in [0.5, 0.6) is 5.75 Å². The van der Waals surface area contributed by atoms with E-state index in [0.717, 1.165) is 6.42 Å². The Morgan fingerprint density at radius 3 is 2.72 bits per heavy atom. The predicted octanol–water partition coefficient (Wildman–Crippen LogP) is 1.66. The van der Waals surface area contributed by atoms with Crippen LogP contribution in [-0.2, 0) is 11.2 Å². The van der Waals surface area contributed by atoms with Gasteiger partial charge in [-0.05, 0) is 30.2 Å². The van der Waals surface area contributed by atoms with E-state index in [4.69, 9.17) is 10.5 Å². The van der Waals surface area contributed by atoms with Gasteiger partial charge in [-0.3, -0.25) is 9.59 Å². The van der Waals surface area contributed by atoms with Crippen molar-refractivity contribution in [2.24, 2.45) is 5.73 Å². The third kappa shape index (κ3) is 4.16. The molecule has 0 aromatic heterocycles. The Morgan fingerprint density at radius 1 is 1.16 bits per heavy atom. The van der Waals surface area contributed by atoms with Crippen LogP contribution < -0.4 is 15.8 Å². The summed E-state index contributed by atoms with van der Waals surface area (Å²) in [6, 6.07) is 15.1. The zero-order chi connectivity index (χ0) is 17.6. The van der Waals surface area contributed by atoms with Crippen LogP contribution in [0.25, 0.3) is 0 Å². The number of fused-ring (bicyclic) bond motifs is 1. The molecule has 2 amide bonds. The number of rotatable bonds is 6. The van der Waals surface area contributed by atoms with Crippen LogP contribution in [0.3, 0.4) is 0 Å². The van der Waals surface area contributed by atoms with Crippen molar-refractivity contribution in [2.75, 3.05) is 31.6 Å². The number of nitrogens with zero attached hydrogens (tertiary/aromatic N) is 1. The normalized spacial score (nSPS) is 12.8. The van der Waals surface area contributed by atoms with Crippen molar-refractivity contribution < 1.29 is 14.3 Å². The molecule has 25 heavy (non-hydrogen) atoms. The Morgan fingerprint density at radius 2 is 1.96 bits per heavy atom. The summed E-state index contributed by atoms with van der Waals surface area (Å²) in [5.41, 5.74) is 7.87. The lowest BCUT2D eigenvalue weighted by atomic mass is 10.1. The van der Waals surface area contributed by atoms with Crippen molar-refractivity contribution in [3.05, 3.63) is 59.7 Å². The Kier molecular flexibility index (Phi) is 5.30. The lowest BCUT2D eigenvalue weighted by molar-refractivity contribution is -0.118. The lowest BCUT2D eigenvalue weighted by Crippen LogP contribution is -2.37. The van der Waals surface area contributed by atoms with Crippen molar-refractivity contribution in [3.63, 3.8) is 0 Å². The fraction of sp³-hybridized carbons (Fsp3) is 0.263. The molecule has 0 saturated heterocycles. The molecule has 0 radical (unpaired) electrons. The summed E-state index contributed by atoms with van der Waals surface area (Å²) >= 11 is 0. The van der Waals surface area contributed by atoms with E-state index in [-0.39, 0.29) is 18.4 Å². The van der Waals surface area contributed by atoms with Gasteiger partial charge in [0.05, 0.1) is 5.69 Å². The van der Waals surface area contributed by atoms with E-state index in [1.165, 1.54) is 5.56 Å². The Hall–Kier alpha value is -2.86. The second-order valence-electron chi connectivity index (χ2n) is 5.86. The van der Waals surface area contributed by atoms with E-state index in [9.17, 15) is 9.59 Å². The van der Waals surface area contributed by atoms with E-state index < -0.39 is 0 Å². The fourth-order valence-electron chi connectivity index (χ4n) is 2.78. The number of hydrogen-bond donors (Lipinski definition) is 2. The van der Waals surface area contributed by atoms with Crippen molar-refractivity contribution in [1.29, 1.82) is 0 Å². The van der Waals surface area contributed by atoms with Crippen LogP contribution in [0, 0.1) is 0 Å². The highest BCUT2D eigenvalue weighted by Gasteiger charge is 2.20. The number of amides is 2. The number of nitrogens with two attached hydrogens (primary N) is 1. The van der Waals surface area contributed by atoms with Crippen LogP contribution in [0.2, 0.25) is 0 Å². The second kappa shape index (κ2) is 7.81. The highest BCUT2D eigenvalue weighted by Crippen LogP contribution is 2.28. The average molecular weight is 339 g/mol. The molecule has 0 atom stereocenters. The molecular formula is C19H21N3O3. The van der Waals surface area contributed by atoms with E-state index in [0.29, 0.717) is 36.6 Å². The Balaban J connectivity index is 1.73. The predicted molar refractivity (Wildman–Crippen MR) is 95.7 cm³/mol. The Bertz CT molecular complexity index is 762. The summed E-state index contributed by atoms with van der Waals surface area (Å²) in [7, 11) is 0. The standard InChI is InChI=1S/C19H21N3O3/c20-9-11-22(10-8-14-4-2-1-3-5-14)19(24)15-6-7-17-16(12-15)21-18(23)13-25-17/h1-7,12H,8-11,13,20H2,(H,21,23). The maximum absolute atomic E-state index is 12.8. The van der Waals surface area contributed by atoms with Crippen LogP contribution in [-0.4, -0.2) is 43.0 Å². The minimum Gasteiger partial charge on any atom is -0.482 e. The highest BCUT2D eigenvalue weighted by molar-refractivity contribution is 5.99. The number of carbonyl (C=O) groups excluding carboxylic acids is 2. The van der Waals surface area contributed by atoms with Gasteiger partial charge in [-0.2, -0.15) is 0 Å². The minimum absolute atomic E-state index is 0.00331. The highest BCUT2D eigenvalue weighted by atomic mass is 16.5. The second-order valence-corrected chi connectivity index (χ2v) is 5.86. The molecular weight excluding hydrogens is 318 g/mol. The first-order chi connectivity index (χ1) is 12.2. The molecule has 0 spiro atoms. The van der Waals surface area contributed by atoms with Gasteiger partial charge in [0.15, 0.2) is 6.61 Å². The third-order valence-electron chi connectivity index (χ3n) is 4.06. The smallest absolute Gasteiger partial charge is 0.262 e. The quantitative estimate of drug-likeness (QED) is 0.838. The lowest BCUT2D eigenvalue weighted by Gasteiger charge is -2.24. The fourth-order valence-corrected chi connectivity index (χ4v) is 2.78. The van der Waals surface area contributed by atoms with Gasteiger partial charge >= 0.3 is 0 Å². The van der Waals surface area contributed by atoms with E-state index in [2.05, 4.69) is 5.32 Å². The van der Waals surface area contributed by atoms with Crippen molar-refractivity contribution >= 4 is 17.5 Å². The van der Waals surface area contributed by atoms with Crippen LogP contribution in [0.4, 0.5) is 5.69 Å². The molecule has 1 heterocycles. The van der Waals surface area contributed by atoms with Crippen LogP contribution in [0.15, 0.2) is 48.5 Å². The first kappa shape index (κ1) is 17.0. The summed E-state index contributed by atoms with van der Waals surface area (Å²) < 4.78 is 5.33. The molecule has 0 aliphatic carbocycles. The first-order valence-corrected chi connectivity index (χ1v) is 8.27. The van der Waals surface area contributed by atoms with E-state index in [1.807, 2.05) is 30.3 Å². The molecule has 6 nitrogen and oxygen atoms in total. The van der Waals surface area contributed by atoms with Gasteiger partial charge in [-0.1, -0.05) is 30.3 Å². The molecule has 0 unspecified atom stereocenters. The minimum atomic E-state index is -0.222. The van der Waals surface area contributed by atoms with Gasteiger partial charge in [0.25, 0.3) is 11.8 Å². The summed E-state index contributed by atoms with van der Waals surface area (Å²) in [5, 5.41) is 2.72. The molecule has 0 bridgehead atoms. The molecule has 3 N–H and O–H groups in total. The van der Waals surface area contributed by atoms with Crippen LogP contribution in [0.1, 0.15) is 15.9 Å². The number of nitrogens with one attached hydrogen (secondary N) is 1. The topological polar surface area (TPSA) is 84.7 Å². The molecule has 6 heteroatoms. The third-order valence-corrected chi connectivity index (χ3v) is 4.06. The number of benzene rings is 2. The molecule has 3 rings (SSSR count). The van der Waals surface area contributed by atoms with E-state index >= 15 is 0 Å². The zero-order valence-corrected chi connectivity index (χ0v) is 13.9. The van der Waals surface area contributed by atoms with Crippen molar-refractivity contribution in [1.82, 2.24) is 4.90 Å². The van der Waals surface area contributed by atoms with Gasteiger partial charge in [0.1, 0.15) is 5.75 Å². The maximum Gasteiger partial charge on any atom is 0.262 e. The summed E-state index contributed by atoms with van der Waals surface area (Å²) in [4.78, 5) is 26.0. The zero-order valence-electron chi connectivity index (χ0n) is 13.9. The van der Waals surface area contributed by atoms with Crippen LogP contribution >= 0.6 is 0 Å². The number of anilines is 1. The van der Waals surface area contributed by atoms with Gasteiger partial charge in [0.2, 0.25) is 0 Å². The van der Waals surface area contributed by atoms with Gasteiger partial charge < -0.3 is 20.7 Å². The SMILES string of the molecule is NCCN(CCc1ccccc1)C(=O)c1ccc2c(c1)NC(=O)CO2. The average Bonchev–Trinajstić information content (AvgIpc) is 2.64. The summed E-state index contributed by atoms with van der Waals surface area (Å²) in [6.07, 6.45) is 0.761.